The number of Topliss-reactive ketones (excluding diaryl/α,β-unsaturated/α-hetero) is 1. The van der Waals surface area contributed by atoms with Gasteiger partial charge in [0.2, 0.25) is 0 Å². The van der Waals surface area contributed by atoms with Crippen molar-refractivity contribution in [2.45, 2.75) is 71.1 Å². The Bertz CT molecular complexity index is 272. The largest absolute Gasteiger partial charge is 0.400 e. The molecule has 5 nitrogen and oxygen atoms in total. The molecule has 0 atom stereocenters. The fourth-order valence-corrected chi connectivity index (χ4v) is 2.05. The van der Waals surface area contributed by atoms with Crippen molar-refractivity contribution in [2.75, 3.05) is 7.11 Å². The number of aliphatic hydroxyl groups excluding tert-OH is 1. The van der Waals surface area contributed by atoms with Gasteiger partial charge in [0.15, 0.2) is 6.29 Å². The molecule has 0 bridgehead atoms. The molecular weight excluding hydrogens is 246 g/mol. The lowest BCUT2D eigenvalue weighted by atomic mass is 9.82. The highest BCUT2D eigenvalue weighted by Crippen LogP contribution is 2.25. The van der Waals surface area contributed by atoms with Crippen LogP contribution in [0.1, 0.15) is 54.4 Å². The molecule has 1 saturated heterocycles. The first-order valence-corrected chi connectivity index (χ1v) is 6.31. The van der Waals surface area contributed by atoms with Crippen molar-refractivity contribution < 1.29 is 19.8 Å². The molecule has 5 heteroatoms. The summed E-state index contributed by atoms with van der Waals surface area (Å²) in [6.45, 7) is 11.2. The molecule has 114 valence electrons. The van der Waals surface area contributed by atoms with Gasteiger partial charge in [0.25, 0.3) is 0 Å². The van der Waals surface area contributed by atoms with Gasteiger partial charge in [-0.05, 0) is 41.5 Å². The molecule has 0 amide bonds. The quantitative estimate of drug-likeness (QED) is 0.623. The maximum atomic E-state index is 11.3. The topological polar surface area (TPSA) is 86.6 Å². The zero-order chi connectivity index (χ0) is 15.9. The van der Waals surface area contributed by atoms with Gasteiger partial charge in [-0.25, -0.2) is 0 Å². The third kappa shape index (κ3) is 12.0. The fourth-order valence-electron chi connectivity index (χ4n) is 2.05. The van der Waals surface area contributed by atoms with E-state index in [2.05, 4.69) is 33.0 Å². The van der Waals surface area contributed by atoms with E-state index < -0.39 is 5.60 Å². The third-order valence-electron chi connectivity index (χ3n) is 2.24. The molecule has 0 unspecified atom stereocenters. The van der Waals surface area contributed by atoms with Crippen LogP contribution in [0.3, 0.4) is 0 Å². The molecular formula is C14H29NO4. The fraction of sp³-hybridized carbons (Fsp3) is 0.857. The van der Waals surface area contributed by atoms with Crippen molar-refractivity contribution in [3.63, 3.8) is 0 Å². The molecule has 0 spiro atoms. The number of hydrogen-bond donors (Lipinski definition) is 3. The van der Waals surface area contributed by atoms with E-state index in [-0.39, 0.29) is 11.1 Å². The van der Waals surface area contributed by atoms with Crippen LogP contribution < -0.4 is 5.32 Å². The van der Waals surface area contributed by atoms with Crippen LogP contribution >= 0.6 is 0 Å². The van der Waals surface area contributed by atoms with Crippen molar-refractivity contribution >= 4 is 12.1 Å². The smallest absolute Gasteiger partial charge is 0.150 e. The first-order chi connectivity index (χ1) is 8.37. The second kappa shape index (κ2) is 7.72. The zero-order valence-corrected chi connectivity index (χ0v) is 13.2. The lowest BCUT2D eigenvalue weighted by molar-refractivity contribution is -0.124. The SMILES string of the molecule is CC(C)(O)C=O.CC1(C)CC(=O)CC(C)(C)N1.CO. The van der Waals surface area contributed by atoms with Gasteiger partial charge in [0.1, 0.15) is 11.4 Å². The minimum Gasteiger partial charge on any atom is -0.400 e. The van der Waals surface area contributed by atoms with Crippen LogP contribution in [0.2, 0.25) is 0 Å². The number of aliphatic hydroxyl groups is 2. The van der Waals surface area contributed by atoms with E-state index in [0.29, 0.717) is 24.9 Å². The number of hydrogen-bond acceptors (Lipinski definition) is 5. The van der Waals surface area contributed by atoms with Crippen molar-refractivity contribution in [2.24, 2.45) is 0 Å². The summed E-state index contributed by atoms with van der Waals surface area (Å²) in [6.07, 6.45) is 1.82. The van der Waals surface area contributed by atoms with Crippen LogP contribution in [0, 0.1) is 0 Å². The van der Waals surface area contributed by atoms with E-state index in [0.717, 1.165) is 7.11 Å². The molecule has 0 radical (unpaired) electrons. The van der Waals surface area contributed by atoms with Gasteiger partial charge in [-0.1, -0.05) is 0 Å². The van der Waals surface area contributed by atoms with E-state index in [1.54, 1.807) is 0 Å². The van der Waals surface area contributed by atoms with Crippen LogP contribution in [0.4, 0.5) is 0 Å². The second-order valence-corrected chi connectivity index (χ2v) is 6.56. The first kappa shape index (κ1) is 20.5. The molecule has 0 aromatic heterocycles. The predicted octanol–water partition coefficient (Wildman–Crippen LogP) is 1.06. The van der Waals surface area contributed by atoms with Crippen LogP contribution in [0.25, 0.3) is 0 Å². The predicted molar refractivity (Wildman–Crippen MR) is 76.0 cm³/mol. The second-order valence-electron chi connectivity index (χ2n) is 6.56. The molecule has 1 aliphatic heterocycles. The van der Waals surface area contributed by atoms with Gasteiger partial charge in [-0.15, -0.1) is 0 Å². The van der Waals surface area contributed by atoms with E-state index in [1.165, 1.54) is 13.8 Å². The minimum absolute atomic E-state index is 0.0150. The average molecular weight is 275 g/mol. The lowest BCUT2D eigenvalue weighted by Gasteiger charge is -2.41. The number of carbonyl (C=O) groups excluding carboxylic acids is 2. The molecule has 1 rings (SSSR count). The van der Waals surface area contributed by atoms with Crippen molar-refractivity contribution in [3.05, 3.63) is 0 Å². The molecule has 0 aromatic carbocycles. The molecule has 1 aliphatic rings. The summed E-state index contributed by atoms with van der Waals surface area (Å²) in [5, 5.41) is 18.9. The van der Waals surface area contributed by atoms with Gasteiger partial charge >= 0.3 is 0 Å². The van der Waals surface area contributed by atoms with Gasteiger partial charge in [0, 0.05) is 31.0 Å². The summed E-state index contributed by atoms with van der Waals surface area (Å²) in [5.41, 5.74) is -1.17. The molecule has 0 aliphatic carbocycles. The third-order valence-corrected chi connectivity index (χ3v) is 2.24. The molecule has 0 aromatic rings. The molecule has 0 saturated carbocycles. The van der Waals surface area contributed by atoms with Crippen molar-refractivity contribution in [1.29, 1.82) is 0 Å². The summed E-state index contributed by atoms with van der Waals surface area (Å²) in [4.78, 5) is 20.8. The van der Waals surface area contributed by atoms with E-state index >= 15 is 0 Å². The molecule has 1 fully saturated rings. The first-order valence-electron chi connectivity index (χ1n) is 6.31. The molecule has 1 heterocycles. The highest BCUT2D eigenvalue weighted by atomic mass is 16.3. The Balaban J connectivity index is 0. The van der Waals surface area contributed by atoms with Gasteiger partial charge in [-0.3, -0.25) is 4.79 Å². The van der Waals surface area contributed by atoms with E-state index in [1.807, 2.05) is 0 Å². The maximum Gasteiger partial charge on any atom is 0.150 e. The number of aldehydes is 1. The Hall–Kier alpha value is -0.780. The van der Waals surface area contributed by atoms with Gasteiger partial charge < -0.3 is 20.3 Å². The summed E-state index contributed by atoms with van der Waals surface area (Å²) in [6, 6.07) is 0. The number of rotatable bonds is 1. The zero-order valence-electron chi connectivity index (χ0n) is 13.2. The van der Waals surface area contributed by atoms with Crippen LogP contribution in [-0.4, -0.2) is 46.1 Å². The summed E-state index contributed by atoms with van der Waals surface area (Å²) >= 11 is 0. The Labute approximate surface area is 116 Å². The lowest BCUT2D eigenvalue weighted by Crippen LogP contribution is -2.58. The summed E-state index contributed by atoms with van der Waals surface area (Å²) < 4.78 is 0. The standard InChI is InChI=1S/C9H17NO.C4H8O2.CH4O/c1-8(2)5-7(11)6-9(3,4)10-8;1-4(2,6)3-5;1-2/h10H,5-6H2,1-4H3;3,6H,1-2H3;2H,1H3. The maximum absolute atomic E-state index is 11.3. The summed E-state index contributed by atoms with van der Waals surface area (Å²) in [7, 11) is 1.00. The number of ketones is 1. The number of carbonyl (C=O) groups is 2. The van der Waals surface area contributed by atoms with Crippen molar-refractivity contribution in [1.82, 2.24) is 5.32 Å². The van der Waals surface area contributed by atoms with Crippen molar-refractivity contribution in [3.8, 4) is 0 Å². The highest BCUT2D eigenvalue weighted by Gasteiger charge is 2.36. The molecule has 3 N–H and O–H groups in total. The Kier molecular flexibility index (Phi) is 8.35. The summed E-state index contributed by atoms with van der Waals surface area (Å²) in [5.74, 6) is 0.374. The van der Waals surface area contributed by atoms with Crippen LogP contribution in [-0.2, 0) is 9.59 Å². The number of piperidine rings is 1. The van der Waals surface area contributed by atoms with Crippen LogP contribution in [0.5, 0.6) is 0 Å². The monoisotopic (exact) mass is 275 g/mol. The minimum atomic E-state index is -1.14. The Morgan fingerprint density at radius 2 is 1.37 bits per heavy atom. The number of nitrogens with one attached hydrogen (secondary N) is 1. The molecule has 19 heavy (non-hydrogen) atoms. The highest BCUT2D eigenvalue weighted by molar-refractivity contribution is 5.81. The average Bonchev–Trinajstić information content (AvgIpc) is 2.14. The van der Waals surface area contributed by atoms with Gasteiger partial charge in [0.05, 0.1) is 0 Å². The van der Waals surface area contributed by atoms with E-state index in [9.17, 15) is 9.59 Å². The van der Waals surface area contributed by atoms with Crippen LogP contribution in [0.15, 0.2) is 0 Å². The van der Waals surface area contributed by atoms with E-state index in [4.69, 9.17) is 10.2 Å². The van der Waals surface area contributed by atoms with Gasteiger partial charge in [-0.2, -0.15) is 0 Å². The normalized spacial score (nSPS) is 20.4. The Morgan fingerprint density at radius 1 is 1.11 bits per heavy atom. The Morgan fingerprint density at radius 3 is 1.53 bits per heavy atom.